The van der Waals surface area contributed by atoms with Crippen LogP contribution in [0.2, 0.25) is 5.02 Å². The summed E-state index contributed by atoms with van der Waals surface area (Å²) in [6, 6.07) is 8.50. The zero-order valence-corrected chi connectivity index (χ0v) is 14.3. The van der Waals surface area contributed by atoms with E-state index in [2.05, 4.69) is 38.3 Å². The van der Waals surface area contributed by atoms with Crippen molar-refractivity contribution in [3.05, 3.63) is 34.9 Å². The van der Waals surface area contributed by atoms with Crippen molar-refractivity contribution in [3.63, 3.8) is 0 Å². The largest absolute Gasteiger partial charge is 0.271 e. The van der Waals surface area contributed by atoms with Crippen molar-refractivity contribution >= 4 is 11.6 Å². The fourth-order valence-electron chi connectivity index (χ4n) is 3.62. The Bertz CT molecular complexity index is 428. The van der Waals surface area contributed by atoms with E-state index in [4.69, 9.17) is 17.4 Å². The molecule has 1 aliphatic carbocycles. The van der Waals surface area contributed by atoms with Crippen LogP contribution in [0.1, 0.15) is 52.0 Å². The maximum absolute atomic E-state index is 5.95. The molecule has 1 aromatic rings. The highest BCUT2D eigenvalue weighted by Gasteiger charge is 2.32. The molecular formula is C18H29ClN2. The normalized spacial score (nSPS) is 24.8. The lowest BCUT2D eigenvalue weighted by Gasteiger charge is -2.39. The number of rotatable bonds is 4. The van der Waals surface area contributed by atoms with Crippen molar-refractivity contribution in [2.45, 2.75) is 58.9 Å². The van der Waals surface area contributed by atoms with Gasteiger partial charge in [0, 0.05) is 11.1 Å². The molecule has 3 heteroatoms. The molecule has 1 aromatic carbocycles. The number of hydrogen-bond donors (Lipinski definition) is 2. The molecule has 0 saturated heterocycles. The minimum Gasteiger partial charge on any atom is -0.271 e. The highest BCUT2D eigenvalue weighted by Crippen LogP contribution is 2.40. The summed E-state index contributed by atoms with van der Waals surface area (Å²) in [4.78, 5) is 0. The van der Waals surface area contributed by atoms with E-state index in [1.807, 2.05) is 12.1 Å². The molecule has 0 spiro atoms. The fraction of sp³-hybridized carbons (Fsp3) is 0.667. The third kappa shape index (κ3) is 4.70. The minimum absolute atomic E-state index is 0.368. The molecule has 0 bridgehead atoms. The Morgan fingerprint density at radius 2 is 1.71 bits per heavy atom. The first-order valence-corrected chi connectivity index (χ1v) is 8.48. The number of nitrogens with one attached hydrogen (secondary N) is 1. The van der Waals surface area contributed by atoms with Crippen LogP contribution in [-0.4, -0.2) is 6.04 Å². The van der Waals surface area contributed by atoms with Crippen LogP contribution in [0.3, 0.4) is 0 Å². The predicted molar refractivity (Wildman–Crippen MR) is 91.2 cm³/mol. The number of hydrazine groups is 1. The number of halogens is 1. The zero-order valence-electron chi connectivity index (χ0n) is 13.5. The van der Waals surface area contributed by atoms with Gasteiger partial charge in [-0.2, -0.15) is 0 Å². The quantitative estimate of drug-likeness (QED) is 0.632. The summed E-state index contributed by atoms with van der Waals surface area (Å²) in [7, 11) is 0. The van der Waals surface area contributed by atoms with Crippen LogP contribution in [0.15, 0.2) is 24.3 Å². The second-order valence-corrected chi connectivity index (χ2v) is 8.02. The Labute approximate surface area is 134 Å². The molecule has 21 heavy (non-hydrogen) atoms. The fourth-order valence-corrected chi connectivity index (χ4v) is 3.75. The summed E-state index contributed by atoms with van der Waals surface area (Å²) in [5.74, 6) is 7.36. The highest BCUT2D eigenvalue weighted by atomic mass is 35.5. The van der Waals surface area contributed by atoms with E-state index in [9.17, 15) is 0 Å². The highest BCUT2D eigenvalue weighted by molar-refractivity contribution is 6.30. The maximum Gasteiger partial charge on any atom is 0.0406 e. The van der Waals surface area contributed by atoms with Gasteiger partial charge in [-0.3, -0.25) is 11.3 Å². The molecule has 2 nitrogen and oxygen atoms in total. The average molecular weight is 309 g/mol. The van der Waals surface area contributed by atoms with E-state index in [-0.39, 0.29) is 0 Å². The standard InChI is InChI=1S/C18H29ClN2/c1-18(2,3)15-8-6-14(7-9-15)17(21-20)12-13-4-10-16(19)11-5-13/h4-5,10-11,14-15,17,21H,6-9,12,20H2,1-3H3. The van der Waals surface area contributed by atoms with Crippen LogP contribution in [0.5, 0.6) is 0 Å². The minimum atomic E-state index is 0.368. The Morgan fingerprint density at radius 3 is 2.19 bits per heavy atom. The molecule has 0 amide bonds. The molecule has 0 aliphatic heterocycles. The maximum atomic E-state index is 5.95. The number of benzene rings is 1. The summed E-state index contributed by atoms with van der Waals surface area (Å²) >= 11 is 5.95. The molecule has 1 atom stereocenters. The van der Waals surface area contributed by atoms with Crippen molar-refractivity contribution < 1.29 is 0 Å². The monoisotopic (exact) mass is 308 g/mol. The topological polar surface area (TPSA) is 38.0 Å². The molecule has 0 heterocycles. The molecule has 0 radical (unpaired) electrons. The first-order chi connectivity index (χ1) is 9.90. The van der Waals surface area contributed by atoms with Crippen molar-refractivity contribution in [1.29, 1.82) is 0 Å². The van der Waals surface area contributed by atoms with Crippen molar-refractivity contribution in [1.82, 2.24) is 5.43 Å². The van der Waals surface area contributed by atoms with Gasteiger partial charge in [0.05, 0.1) is 0 Å². The molecule has 1 fully saturated rings. The second-order valence-electron chi connectivity index (χ2n) is 7.58. The van der Waals surface area contributed by atoms with Crippen LogP contribution in [0, 0.1) is 17.3 Å². The SMILES string of the molecule is CC(C)(C)C1CCC(C(Cc2ccc(Cl)cc2)NN)CC1. The molecular weight excluding hydrogens is 280 g/mol. The van der Waals surface area contributed by atoms with Crippen molar-refractivity contribution in [2.24, 2.45) is 23.1 Å². The number of nitrogens with two attached hydrogens (primary N) is 1. The zero-order chi connectivity index (χ0) is 15.5. The Morgan fingerprint density at radius 1 is 1.14 bits per heavy atom. The third-order valence-corrected chi connectivity index (χ3v) is 5.40. The average Bonchev–Trinajstić information content (AvgIpc) is 2.46. The van der Waals surface area contributed by atoms with Crippen molar-refractivity contribution in [2.75, 3.05) is 0 Å². The van der Waals surface area contributed by atoms with Crippen LogP contribution in [0.25, 0.3) is 0 Å². The summed E-state index contributed by atoms with van der Waals surface area (Å²) in [5, 5.41) is 0.793. The Kier molecular flexibility index (Phi) is 5.70. The van der Waals surface area contributed by atoms with Gasteiger partial charge in [0.2, 0.25) is 0 Å². The second kappa shape index (κ2) is 7.13. The predicted octanol–water partition coefficient (Wildman–Crippen LogP) is 4.57. The third-order valence-electron chi connectivity index (χ3n) is 5.15. The van der Waals surface area contributed by atoms with E-state index in [1.54, 1.807) is 0 Å². The van der Waals surface area contributed by atoms with Gasteiger partial charge in [-0.1, -0.05) is 44.5 Å². The summed E-state index contributed by atoms with van der Waals surface area (Å²) in [5.41, 5.74) is 4.80. The van der Waals surface area contributed by atoms with E-state index in [0.717, 1.165) is 17.4 Å². The number of hydrogen-bond acceptors (Lipinski definition) is 2. The van der Waals surface area contributed by atoms with Gasteiger partial charge in [-0.25, -0.2) is 0 Å². The Hall–Kier alpha value is -0.570. The lowest BCUT2D eigenvalue weighted by Crippen LogP contribution is -2.44. The summed E-state index contributed by atoms with van der Waals surface area (Å²) in [6.07, 6.45) is 6.20. The molecule has 2 rings (SSSR count). The van der Waals surface area contributed by atoms with Crippen LogP contribution in [-0.2, 0) is 6.42 Å². The van der Waals surface area contributed by atoms with Gasteiger partial charge in [-0.15, -0.1) is 0 Å². The molecule has 3 N–H and O–H groups in total. The molecule has 1 unspecified atom stereocenters. The first-order valence-electron chi connectivity index (χ1n) is 8.10. The lowest BCUT2D eigenvalue weighted by atomic mass is 9.68. The Balaban J connectivity index is 1.92. The first kappa shape index (κ1) is 16.8. The van der Waals surface area contributed by atoms with Gasteiger partial charge in [0.25, 0.3) is 0 Å². The molecule has 118 valence electrons. The van der Waals surface area contributed by atoms with Gasteiger partial charge in [0.1, 0.15) is 0 Å². The molecule has 1 saturated carbocycles. The van der Waals surface area contributed by atoms with Crippen LogP contribution >= 0.6 is 11.6 Å². The van der Waals surface area contributed by atoms with Crippen LogP contribution < -0.4 is 11.3 Å². The van der Waals surface area contributed by atoms with E-state index < -0.39 is 0 Å². The summed E-state index contributed by atoms with van der Waals surface area (Å²) < 4.78 is 0. The lowest BCUT2D eigenvalue weighted by molar-refractivity contribution is 0.132. The van der Waals surface area contributed by atoms with Gasteiger partial charge < -0.3 is 0 Å². The van der Waals surface area contributed by atoms with Crippen molar-refractivity contribution in [3.8, 4) is 0 Å². The van der Waals surface area contributed by atoms with E-state index in [0.29, 0.717) is 17.4 Å². The summed E-state index contributed by atoms with van der Waals surface area (Å²) in [6.45, 7) is 7.10. The van der Waals surface area contributed by atoms with E-state index >= 15 is 0 Å². The van der Waals surface area contributed by atoms with Gasteiger partial charge >= 0.3 is 0 Å². The van der Waals surface area contributed by atoms with Gasteiger partial charge in [0.15, 0.2) is 0 Å². The van der Waals surface area contributed by atoms with Crippen LogP contribution in [0.4, 0.5) is 0 Å². The smallest absolute Gasteiger partial charge is 0.0406 e. The van der Waals surface area contributed by atoms with E-state index in [1.165, 1.54) is 31.2 Å². The molecule has 0 aromatic heterocycles. The molecule has 1 aliphatic rings. The van der Waals surface area contributed by atoms with Gasteiger partial charge in [-0.05, 0) is 67.1 Å².